The number of halogens is 2. The average Bonchev–Trinajstić information content (AvgIpc) is 2.65. The van der Waals surface area contributed by atoms with Crippen LogP contribution in [0.25, 0.3) is 0 Å². The van der Waals surface area contributed by atoms with E-state index >= 15 is 0 Å². The smallest absolute Gasteiger partial charge is 0.341 e. The number of rotatable bonds is 9. The number of hydrogen-bond acceptors (Lipinski definition) is 6. The zero-order chi connectivity index (χ0) is 20.5. The first-order chi connectivity index (χ1) is 13.4. The van der Waals surface area contributed by atoms with Crippen LogP contribution >= 0.6 is 31.9 Å². The van der Waals surface area contributed by atoms with Crippen LogP contribution in [0.3, 0.4) is 0 Å². The van der Waals surface area contributed by atoms with Gasteiger partial charge in [-0.3, -0.25) is 4.79 Å². The van der Waals surface area contributed by atoms with E-state index in [4.69, 9.17) is 19.3 Å². The predicted molar refractivity (Wildman–Crippen MR) is 109 cm³/mol. The Morgan fingerprint density at radius 1 is 1.14 bits per heavy atom. The third-order valence-electron chi connectivity index (χ3n) is 3.20. The third kappa shape index (κ3) is 6.54. The van der Waals surface area contributed by atoms with Gasteiger partial charge < -0.3 is 19.3 Å². The topological polar surface area (TPSA) is 106 Å². The number of nitrogens with zero attached hydrogens (tertiary/aromatic N) is 1. The third-order valence-corrected chi connectivity index (χ3v) is 4.24. The standard InChI is InChI=1S/C18H16Br2N2O6/c1-26-14-4-2-3-5-15(14)27-9-16(23)22-21-8-11-6-12(19)7-13(20)18(11)28-10-17(24)25/h2-8H,9-10H2,1H3,(H,22,23)(H,24,25)/b21-8+. The molecule has 2 aromatic carbocycles. The van der Waals surface area contributed by atoms with Crippen LogP contribution in [0.4, 0.5) is 0 Å². The number of para-hydroxylation sites is 2. The van der Waals surface area contributed by atoms with Crippen LogP contribution < -0.4 is 19.6 Å². The van der Waals surface area contributed by atoms with Crippen molar-refractivity contribution >= 4 is 50.0 Å². The van der Waals surface area contributed by atoms with Gasteiger partial charge in [0.05, 0.1) is 17.8 Å². The van der Waals surface area contributed by atoms with Crippen LogP contribution in [0.2, 0.25) is 0 Å². The maximum absolute atomic E-state index is 11.9. The Morgan fingerprint density at radius 3 is 2.54 bits per heavy atom. The van der Waals surface area contributed by atoms with Gasteiger partial charge in [0, 0.05) is 10.0 Å². The highest BCUT2D eigenvalue weighted by atomic mass is 79.9. The fraction of sp³-hybridized carbons (Fsp3) is 0.167. The largest absolute Gasteiger partial charge is 0.493 e. The molecule has 0 saturated carbocycles. The number of carboxylic acids is 1. The highest BCUT2D eigenvalue weighted by molar-refractivity contribution is 9.11. The summed E-state index contributed by atoms with van der Waals surface area (Å²) in [6, 6.07) is 10.3. The van der Waals surface area contributed by atoms with E-state index in [0.29, 0.717) is 26.0 Å². The Bertz CT molecular complexity index is 888. The van der Waals surface area contributed by atoms with Crippen LogP contribution in [0, 0.1) is 0 Å². The summed E-state index contributed by atoms with van der Waals surface area (Å²) in [6.45, 7) is -0.775. The number of methoxy groups -OCH3 is 1. The first-order valence-corrected chi connectivity index (χ1v) is 9.40. The molecular formula is C18H16Br2N2O6. The van der Waals surface area contributed by atoms with E-state index in [2.05, 4.69) is 42.4 Å². The van der Waals surface area contributed by atoms with Gasteiger partial charge in [-0.1, -0.05) is 28.1 Å². The lowest BCUT2D eigenvalue weighted by atomic mass is 10.2. The molecule has 0 radical (unpaired) electrons. The molecule has 0 atom stereocenters. The van der Waals surface area contributed by atoms with Gasteiger partial charge in [-0.15, -0.1) is 0 Å². The minimum atomic E-state index is -1.11. The molecule has 2 N–H and O–H groups in total. The van der Waals surface area contributed by atoms with E-state index in [-0.39, 0.29) is 12.4 Å². The predicted octanol–water partition coefficient (Wildman–Crippen LogP) is 3.21. The maximum atomic E-state index is 11.9. The van der Waals surface area contributed by atoms with Crippen molar-refractivity contribution in [3.05, 3.63) is 50.9 Å². The molecule has 8 nitrogen and oxygen atoms in total. The molecule has 0 aromatic heterocycles. The molecule has 0 heterocycles. The summed E-state index contributed by atoms with van der Waals surface area (Å²) in [4.78, 5) is 22.7. The number of carbonyl (C=O) groups excluding carboxylic acids is 1. The molecule has 0 aliphatic heterocycles. The van der Waals surface area contributed by atoms with Crippen molar-refractivity contribution in [2.24, 2.45) is 5.10 Å². The number of hydrazone groups is 1. The van der Waals surface area contributed by atoms with E-state index < -0.39 is 18.5 Å². The normalized spacial score (nSPS) is 10.5. The Hall–Kier alpha value is -2.59. The molecule has 148 valence electrons. The molecule has 0 aliphatic rings. The van der Waals surface area contributed by atoms with Crippen molar-refractivity contribution in [3.8, 4) is 17.2 Å². The zero-order valence-electron chi connectivity index (χ0n) is 14.6. The first-order valence-electron chi connectivity index (χ1n) is 7.82. The highest BCUT2D eigenvalue weighted by Gasteiger charge is 2.11. The zero-order valence-corrected chi connectivity index (χ0v) is 17.8. The van der Waals surface area contributed by atoms with E-state index in [1.807, 2.05) is 0 Å². The molecule has 10 heteroatoms. The van der Waals surface area contributed by atoms with E-state index in [9.17, 15) is 9.59 Å². The number of hydrogen-bond donors (Lipinski definition) is 2. The quantitative estimate of drug-likeness (QED) is 0.392. The summed E-state index contributed by atoms with van der Waals surface area (Å²) >= 11 is 6.63. The number of nitrogens with one attached hydrogen (secondary N) is 1. The molecule has 2 rings (SSSR count). The van der Waals surface area contributed by atoms with Gasteiger partial charge in [0.15, 0.2) is 24.7 Å². The second kappa shape index (κ2) is 10.7. The maximum Gasteiger partial charge on any atom is 0.341 e. The molecular weight excluding hydrogens is 500 g/mol. The highest BCUT2D eigenvalue weighted by Crippen LogP contribution is 2.32. The van der Waals surface area contributed by atoms with Crippen LogP contribution in [-0.4, -0.2) is 43.5 Å². The number of amides is 1. The van der Waals surface area contributed by atoms with Gasteiger partial charge in [0.2, 0.25) is 0 Å². The average molecular weight is 516 g/mol. The number of carboxylic acid groups (broad SMARTS) is 1. The molecule has 28 heavy (non-hydrogen) atoms. The number of ether oxygens (including phenoxy) is 3. The summed E-state index contributed by atoms with van der Waals surface area (Å²) in [5.41, 5.74) is 2.80. The van der Waals surface area contributed by atoms with E-state index in [0.717, 1.165) is 0 Å². The van der Waals surface area contributed by atoms with Crippen LogP contribution in [0.15, 0.2) is 50.4 Å². The van der Waals surface area contributed by atoms with Crippen molar-refractivity contribution in [3.63, 3.8) is 0 Å². The van der Waals surface area contributed by atoms with Gasteiger partial charge in [0.25, 0.3) is 5.91 Å². The molecule has 2 aromatic rings. The molecule has 0 spiro atoms. The molecule has 0 fully saturated rings. The first kappa shape index (κ1) is 21.7. The SMILES string of the molecule is COc1ccccc1OCC(=O)N/N=C/c1cc(Br)cc(Br)c1OCC(=O)O. The van der Waals surface area contributed by atoms with Crippen LogP contribution in [0.5, 0.6) is 17.2 Å². The van der Waals surface area contributed by atoms with Crippen molar-refractivity contribution in [2.45, 2.75) is 0 Å². The Kier molecular flexibility index (Phi) is 8.27. The summed E-state index contributed by atoms with van der Waals surface area (Å²) in [5, 5.41) is 12.6. The lowest BCUT2D eigenvalue weighted by Crippen LogP contribution is -2.24. The summed E-state index contributed by atoms with van der Waals surface area (Å²) < 4.78 is 17.1. The fourth-order valence-electron chi connectivity index (χ4n) is 2.05. The lowest BCUT2D eigenvalue weighted by Gasteiger charge is -2.10. The van der Waals surface area contributed by atoms with Gasteiger partial charge in [-0.25, -0.2) is 10.2 Å². The molecule has 0 saturated heterocycles. The Morgan fingerprint density at radius 2 is 1.86 bits per heavy atom. The van der Waals surface area contributed by atoms with E-state index in [1.165, 1.54) is 13.3 Å². The van der Waals surface area contributed by atoms with Crippen molar-refractivity contribution in [2.75, 3.05) is 20.3 Å². The summed E-state index contributed by atoms with van der Waals surface area (Å²) in [6.07, 6.45) is 1.34. The number of aliphatic carboxylic acids is 1. The second-order valence-corrected chi connectivity index (χ2v) is 6.99. The summed E-state index contributed by atoms with van der Waals surface area (Å²) in [5.74, 6) is -0.361. The molecule has 0 aliphatic carbocycles. The molecule has 0 bridgehead atoms. The van der Waals surface area contributed by atoms with Gasteiger partial charge >= 0.3 is 5.97 Å². The van der Waals surface area contributed by atoms with Crippen LogP contribution in [-0.2, 0) is 9.59 Å². The summed E-state index contributed by atoms with van der Waals surface area (Å²) in [7, 11) is 1.51. The number of carbonyl (C=O) groups is 2. The molecule has 0 unspecified atom stereocenters. The fourth-order valence-corrected chi connectivity index (χ4v) is 3.42. The van der Waals surface area contributed by atoms with Gasteiger partial charge in [-0.2, -0.15) is 5.10 Å². The van der Waals surface area contributed by atoms with Crippen molar-refractivity contribution in [1.29, 1.82) is 0 Å². The molecule has 1 amide bonds. The second-order valence-electron chi connectivity index (χ2n) is 5.22. The minimum Gasteiger partial charge on any atom is -0.493 e. The van der Waals surface area contributed by atoms with E-state index in [1.54, 1.807) is 36.4 Å². The van der Waals surface area contributed by atoms with Gasteiger partial charge in [0.1, 0.15) is 5.75 Å². The van der Waals surface area contributed by atoms with Crippen molar-refractivity contribution < 1.29 is 28.9 Å². The monoisotopic (exact) mass is 514 g/mol. The van der Waals surface area contributed by atoms with Crippen LogP contribution in [0.1, 0.15) is 5.56 Å². The minimum absolute atomic E-state index is 0.262. The Labute approximate surface area is 177 Å². The van der Waals surface area contributed by atoms with Crippen molar-refractivity contribution in [1.82, 2.24) is 5.43 Å². The van der Waals surface area contributed by atoms with Gasteiger partial charge in [-0.05, 0) is 40.2 Å². The lowest BCUT2D eigenvalue weighted by molar-refractivity contribution is -0.139. The number of benzene rings is 2. The Balaban J connectivity index is 1.99.